The van der Waals surface area contributed by atoms with Gasteiger partial charge in [-0.15, -0.1) is 0 Å². The van der Waals surface area contributed by atoms with E-state index in [1.165, 1.54) is 18.3 Å². The number of ether oxygens (including phenoxy) is 2. The summed E-state index contributed by atoms with van der Waals surface area (Å²) in [6, 6.07) is 8.20. The highest BCUT2D eigenvalue weighted by Gasteiger charge is 2.14. The van der Waals surface area contributed by atoms with Crippen LogP contribution in [0.2, 0.25) is 0 Å². The minimum absolute atomic E-state index is 0.0919. The summed E-state index contributed by atoms with van der Waals surface area (Å²) in [6.45, 7) is 4.64. The zero-order chi connectivity index (χ0) is 21.3. The summed E-state index contributed by atoms with van der Waals surface area (Å²) >= 11 is 0. The van der Waals surface area contributed by atoms with Crippen LogP contribution in [-0.2, 0) is 14.8 Å². The molecule has 0 fully saturated rings. The Morgan fingerprint density at radius 3 is 2.62 bits per heavy atom. The number of hydrogen-bond donors (Lipinski definition) is 2. The van der Waals surface area contributed by atoms with E-state index in [2.05, 4.69) is 20.0 Å². The Morgan fingerprint density at radius 2 is 2.00 bits per heavy atom. The molecule has 1 heterocycles. The van der Waals surface area contributed by atoms with E-state index >= 15 is 0 Å². The van der Waals surface area contributed by atoms with Crippen LogP contribution < -0.4 is 14.8 Å². The standard InChI is InChI=1S/C19H25N5O4S/c1-4-14(2)28-18-15(12-20)13-21-19(24-18)23-16-6-8-17(9-7-16)29(25,26)22-10-5-11-27-3/h6-9,13-14,22H,4-5,10-11H2,1-3H3,(H,21,23,24). The molecule has 1 unspecified atom stereocenters. The summed E-state index contributed by atoms with van der Waals surface area (Å²) < 4.78 is 37.6. The lowest BCUT2D eigenvalue weighted by atomic mass is 10.3. The number of methoxy groups -OCH3 is 1. The Kier molecular flexibility index (Phi) is 8.33. The highest BCUT2D eigenvalue weighted by molar-refractivity contribution is 7.89. The number of hydrogen-bond acceptors (Lipinski definition) is 8. The molecule has 2 aromatic rings. The Bertz CT molecular complexity index is 942. The molecule has 0 saturated carbocycles. The first-order chi connectivity index (χ1) is 13.9. The molecule has 29 heavy (non-hydrogen) atoms. The first kappa shape index (κ1) is 22.5. The molecule has 0 bridgehead atoms. The minimum atomic E-state index is -3.58. The van der Waals surface area contributed by atoms with E-state index < -0.39 is 10.0 Å². The third kappa shape index (κ3) is 6.67. The zero-order valence-corrected chi connectivity index (χ0v) is 17.5. The molecule has 0 radical (unpaired) electrons. The van der Waals surface area contributed by atoms with E-state index in [4.69, 9.17) is 9.47 Å². The van der Waals surface area contributed by atoms with Crippen molar-refractivity contribution in [3.63, 3.8) is 0 Å². The smallest absolute Gasteiger partial charge is 0.240 e. The molecule has 0 aliphatic heterocycles. The van der Waals surface area contributed by atoms with Crippen LogP contribution in [0.25, 0.3) is 0 Å². The average Bonchev–Trinajstić information content (AvgIpc) is 2.72. The van der Waals surface area contributed by atoms with Crippen LogP contribution in [0.4, 0.5) is 11.6 Å². The van der Waals surface area contributed by atoms with Crippen molar-refractivity contribution in [2.75, 3.05) is 25.6 Å². The van der Waals surface area contributed by atoms with Gasteiger partial charge in [-0.2, -0.15) is 10.2 Å². The van der Waals surface area contributed by atoms with Gasteiger partial charge in [0.25, 0.3) is 0 Å². The van der Waals surface area contributed by atoms with Gasteiger partial charge in [0.15, 0.2) is 0 Å². The Hall–Kier alpha value is -2.74. The first-order valence-electron chi connectivity index (χ1n) is 9.19. The maximum atomic E-state index is 12.3. The second-order valence-electron chi connectivity index (χ2n) is 6.25. The lowest BCUT2D eigenvalue weighted by Crippen LogP contribution is -2.25. The van der Waals surface area contributed by atoms with Crippen LogP contribution >= 0.6 is 0 Å². The van der Waals surface area contributed by atoms with Crippen LogP contribution in [-0.4, -0.2) is 44.8 Å². The van der Waals surface area contributed by atoms with Crippen molar-refractivity contribution in [1.29, 1.82) is 5.26 Å². The van der Waals surface area contributed by atoms with Gasteiger partial charge >= 0.3 is 0 Å². The van der Waals surface area contributed by atoms with Crippen molar-refractivity contribution in [2.24, 2.45) is 0 Å². The number of rotatable bonds is 11. The van der Waals surface area contributed by atoms with E-state index in [1.54, 1.807) is 19.2 Å². The second-order valence-corrected chi connectivity index (χ2v) is 8.02. The molecule has 0 saturated heterocycles. The molecule has 1 aromatic carbocycles. The summed E-state index contributed by atoms with van der Waals surface area (Å²) in [5.41, 5.74) is 0.847. The number of nitriles is 1. The molecule has 1 atom stereocenters. The highest BCUT2D eigenvalue weighted by Crippen LogP contribution is 2.21. The molecular formula is C19H25N5O4S. The Balaban J connectivity index is 2.09. The van der Waals surface area contributed by atoms with Crippen LogP contribution in [0.15, 0.2) is 35.4 Å². The SMILES string of the molecule is CCC(C)Oc1nc(Nc2ccc(S(=O)(=O)NCCCOC)cc2)ncc1C#N. The van der Waals surface area contributed by atoms with Gasteiger partial charge < -0.3 is 14.8 Å². The van der Waals surface area contributed by atoms with E-state index in [-0.39, 0.29) is 28.4 Å². The van der Waals surface area contributed by atoms with Crippen molar-refractivity contribution in [3.8, 4) is 11.9 Å². The maximum Gasteiger partial charge on any atom is 0.240 e. The van der Waals surface area contributed by atoms with Gasteiger partial charge in [-0.1, -0.05) is 6.92 Å². The molecule has 0 amide bonds. The molecular weight excluding hydrogens is 394 g/mol. The normalized spacial score (nSPS) is 12.2. The first-order valence-corrected chi connectivity index (χ1v) is 10.7. The molecule has 2 rings (SSSR count). The van der Waals surface area contributed by atoms with Gasteiger partial charge in [0.05, 0.1) is 17.2 Å². The van der Waals surface area contributed by atoms with E-state index in [1.807, 2.05) is 19.9 Å². The molecule has 9 nitrogen and oxygen atoms in total. The number of aromatic nitrogens is 2. The fraction of sp³-hybridized carbons (Fsp3) is 0.421. The average molecular weight is 420 g/mol. The van der Waals surface area contributed by atoms with Gasteiger partial charge in [-0.05, 0) is 44.0 Å². The fourth-order valence-electron chi connectivity index (χ4n) is 2.22. The second kappa shape index (κ2) is 10.7. The third-order valence-corrected chi connectivity index (χ3v) is 5.48. The van der Waals surface area contributed by atoms with Crippen LogP contribution in [0.5, 0.6) is 5.88 Å². The number of anilines is 2. The largest absolute Gasteiger partial charge is 0.474 e. The van der Waals surface area contributed by atoms with E-state index in [0.717, 1.165) is 6.42 Å². The van der Waals surface area contributed by atoms with Gasteiger partial charge in [-0.3, -0.25) is 0 Å². The monoisotopic (exact) mass is 419 g/mol. The van der Waals surface area contributed by atoms with Crippen molar-refractivity contribution >= 4 is 21.7 Å². The summed E-state index contributed by atoms with van der Waals surface area (Å²) in [7, 11) is -2.02. The van der Waals surface area contributed by atoms with Gasteiger partial charge in [0.1, 0.15) is 11.6 Å². The molecule has 156 valence electrons. The molecule has 0 aliphatic carbocycles. The lowest BCUT2D eigenvalue weighted by molar-refractivity contribution is 0.196. The zero-order valence-electron chi connectivity index (χ0n) is 16.7. The maximum absolute atomic E-state index is 12.3. The molecule has 2 N–H and O–H groups in total. The summed E-state index contributed by atoms with van der Waals surface area (Å²) in [6.07, 6.45) is 2.65. The quantitative estimate of drug-likeness (QED) is 0.532. The summed E-state index contributed by atoms with van der Waals surface area (Å²) in [4.78, 5) is 8.50. The van der Waals surface area contributed by atoms with Crippen LogP contribution in [0.3, 0.4) is 0 Å². The molecule has 0 spiro atoms. The lowest BCUT2D eigenvalue weighted by Gasteiger charge is -2.13. The summed E-state index contributed by atoms with van der Waals surface area (Å²) in [5, 5.41) is 12.2. The van der Waals surface area contributed by atoms with Gasteiger partial charge in [-0.25, -0.2) is 18.1 Å². The molecule has 10 heteroatoms. The molecule has 0 aliphatic rings. The Labute approximate surface area is 171 Å². The third-order valence-electron chi connectivity index (χ3n) is 4.00. The van der Waals surface area contributed by atoms with Crippen LogP contribution in [0, 0.1) is 11.3 Å². The van der Waals surface area contributed by atoms with Crippen molar-refractivity contribution in [2.45, 2.75) is 37.7 Å². The Morgan fingerprint density at radius 1 is 1.28 bits per heavy atom. The predicted molar refractivity (Wildman–Crippen MR) is 109 cm³/mol. The number of nitrogens with zero attached hydrogens (tertiary/aromatic N) is 3. The number of benzene rings is 1. The topological polar surface area (TPSA) is 126 Å². The van der Waals surface area contributed by atoms with E-state index in [9.17, 15) is 13.7 Å². The van der Waals surface area contributed by atoms with Crippen molar-refractivity contribution in [1.82, 2.24) is 14.7 Å². The number of nitrogens with one attached hydrogen (secondary N) is 2. The van der Waals surface area contributed by atoms with Crippen molar-refractivity contribution in [3.05, 3.63) is 36.0 Å². The molecule has 1 aromatic heterocycles. The summed E-state index contributed by atoms with van der Waals surface area (Å²) in [5.74, 6) is 0.453. The fourth-order valence-corrected chi connectivity index (χ4v) is 3.29. The minimum Gasteiger partial charge on any atom is -0.474 e. The van der Waals surface area contributed by atoms with Gasteiger partial charge in [0.2, 0.25) is 21.9 Å². The predicted octanol–water partition coefficient (Wildman–Crippen LogP) is 2.58. The highest BCUT2D eigenvalue weighted by atomic mass is 32.2. The van der Waals surface area contributed by atoms with Crippen molar-refractivity contribution < 1.29 is 17.9 Å². The van der Waals surface area contributed by atoms with Crippen LogP contribution in [0.1, 0.15) is 32.3 Å². The number of sulfonamides is 1. The van der Waals surface area contributed by atoms with E-state index in [0.29, 0.717) is 25.3 Å². The van der Waals surface area contributed by atoms with Gasteiger partial charge in [0, 0.05) is 25.9 Å².